The summed E-state index contributed by atoms with van der Waals surface area (Å²) in [5.41, 5.74) is 4.29. The fraction of sp³-hybridized carbons (Fsp3) is 0.545. The quantitative estimate of drug-likeness (QED) is 0.807. The van der Waals surface area contributed by atoms with Gasteiger partial charge in [0.25, 0.3) is 5.91 Å². The standard InChI is InChI=1S/C22H29ClN4O/c1-2-27-20-10-9-17(24-12-11-16-7-3-4-8-19(16)23)15-18(20)21(25-27)22(28)26-13-5-6-14-26/h3-4,7-8,17,24H,2,5-6,9-15H2,1H3/t17-/m0/s1. The highest BCUT2D eigenvalue weighted by molar-refractivity contribution is 6.31. The molecule has 0 bridgehead atoms. The van der Waals surface area contributed by atoms with Gasteiger partial charge in [0.2, 0.25) is 0 Å². The van der Waals surface area contributed by atoms with E-state index in [0.29, 0.717) is 11.7 Å². The lowest BCUT2D eigenvalue weighted by Crippen LogP contribution is -2.37. The van der Waals surface area contributed by atoms with Gasteiger partial charge in [-0.2, -0.15) is 5.10 Å². The van der Waals surface area contributed by atoms with E-state index in [1.165, 1.54) is 16.8 Å². The Morgan fingerprint density at radius 2 is 2.07 bits per heavy atom. The molecule has 2 aromatic rings. The van der Waals surface area contributed by atoms with Gasteiger partial charge in [0.1, 0.15) is 0 Å². The van der Waals surface area contributed by atoms with E-state index in [-0.39, 0.29) is 5.91 Å². The van der Waals surface area contributed by atoms with E-state index in [2.05, 4.69) is 18.3 Å². The number of benzene rings is 1. The highest BCUT2D eigenvalue weighted by atomic mass is 35.5. The predicted octanol–water partition coefficient (Wildman–Crippen LogP) is 3.48. The molecule has 4 rings (SSSR count). The maximum atomic E-state index is 13.0. The van der Waals surface area contributed by atoms with Crippen LogP contribution in [0.3, 0.4) is 0 Å². The summed E-state index contributed by atoms with van der Waals surface area (Å²) in [7, 11) is 0. The molecule has 1 fully saturated rings. The number of halogens is 1. The lowest BCUT2D eigenvalue weighted by molar-refractivity contribution is 0.0785. The first-order chi connectivity index (χ1) is 13.7. The number of aromatic nitrogens is 2. The van der Waals surface area contributed by atoms with Crippen molar-refractivity contribution in [1.29, 1.82) is 0 Å². The maximum absolute atomic E-state index is 13.0. The Bertz CT molecular complexity index is 841. The summed E-state index contributed by atoms with van der Waals surface area (Å²) in [4.78, 5) is 15.0. The predicted molar refractivity (Wildman–Crippen MR) is 112 cm³/mol. The highest BCUT2D eigenvalue weighted by Gasteiger charge is 2.31. The summed E-state index contributed by atoms with van der Waals surface area (Å²) in [5.74, 6) is 0.123. The molecular formula is C22H29ClN4O. The second-order valence-electron chi connectivity index (χ2n) is 7.82. The van der Waals surface area contributed by atoms with Crippen LogP contribution in [0.5, 0.6) is 0 Å². The Labute approximate surface area is 172 Å². The van der Waals surface area contributed by atoms with Gasteiger partial charge in [-0.25, -0.2) is 0 Å². The Balaban J connectivity index is 1.44. The van der Waals surface area contributed by atoms with Gasteiger partial charge in [0, 0.05) is 42.0 Å². The molecule has 1 N–H and O–H groups in total. The van der Waals surface area contributed by atoms with E-state index < -0.39 is 0 Å². The fourth-order valence-electron chi connectivity index (χ4n) is 4.48. The monoisotopic (exact) mass is 400 g/mol. The Morgan fingerprint density at radius 3 is 2.82 bits per heavy atom. The van der Waals surface area contributed by atoms with Crippen molar-refractivity contribution in [3.63, 3.8) is 0 Å². The summed E-state index contributed by atoms with van der Waals surface area (Å²) in [6, 6.07) is 8.41. The molecule has 28 heavy (non-hydrogen) atoms. The lowest BCUT2D eigenvalue weighted by atomic mass is 9.91. The first kappa shape index (κ1) is 19.5. The molecule has 1 amide bonds. The summed E-state index contributed by atoms with van der Waals surface area (Å²) < 4.78 is 2.04. The zero-order chi connectivity index (χ0) is 19.5. The molecule has 2 aliphatic rings. The first-order valence-electron chi connectivity index (χ1n) is 10.5. The van der Waals surface area contributed by atoms with E-state index in [4.69, 9.17) is 16.7 Å². The van der Waals surface area contributed by atoms with Crippen molar-refractivity contribution < 1.29 is 4.79 Å². The molecule has 0 spiro atoms. The SMILES string of the molecule is CCn1nc(C(=O)N2CCCC2)c2c1CC[C@H](NCCc1ccccc1Cl)C2. The number of rotatable bonds is 6. The van der Waals surface area contributed by atoms with Crippen molar-refractivity contribution >= 4 is 17.5 Å². The van der Waals surface area contributed by atoms with E-state index in [1.54, 1.807) is 0 Å². The van der Waals surface area contributed by atoms with Crippen LogP contribution in [-0.4, -0.2) is 46.3 Å². The van der Waals surface area contributed by atoms with Gasteiger partial charge in [0.15, 0.2) is 5.69 Å². The normalized spacial score (nSPS) is 19.1. The molecule has 1 atom stereocenters. The molecule has 6 heteroatoms. The number of amides is 1. The maximum Gasteiger partial charge on any atom is 0.274 e. The van der Waals surface area contributed by atoms with E-state index >= 15 is 0 Å². The minimum Gasteiger partial charge on any atom is -0.337 e. The number of fused-ring (bicyclic) bond motifs is 1. The summed E-state index contributed by atoms with van der Waals surface area (Å²) >= 11 is 6.27. The van der Waals surface area contributed by atoms with Crippen LogP contribution in [-0.2, 0) is 25.8 Å². The van der Waals surface area contributed by atoms with Gasteiger partial charge in [-0.3, -0.25) is 9.48 Å². The van der Waals surface area contributed by atoms with Crippen molar-refractivity contribution in [3.8, 4) is 0 Å². The van der Waals surface area contributed by atoms with Crippen molar-refractivity contribution in [1.82, 2.24) is 20.0 Å². The second-order valence-corrected chi connectivity index (χ2v) is 8.23. The van der Waals surface area contributed by atoms with Gasteiger partial charge in [0.05, 0.1) is 0 Å². The lowest BCUT2D eigenvalue weighted by Gasteiger charge is -2.25. The third-order valence-corrected chi connectivity index (χ3v) is 6.40. The molecule has 0 unspecified atom stereocenters. The van der Waals surface area contributed by atoms with Crippen LogP contribution in [0, 0.1) is 0 Å². The molecule has 5 nitrogen and oxygen atoms in total. The number of carbonyl (C=O) groups excluding carboxylic acids is 1. The molecular weight excluding hydrogens is 372 g/mol. The summed E-state index contributed by atoms with van der Waals surface area (Å²) in [5, 5.41) is 9.22. The average Bonchev–Trinajstić information content (AvgIpc) is 3.37. The van der Waals surface area contributed by atoms with Crippen LogP contribution < -0.4 is 5.32 Å². The molecule has 0 saturated carbocycles. The van der Waals surface area contributed by atoms with Gasteiger partial charge < -0.3 is 10.2 Å². The Kier molecular flexibility index (Phi) is 6.02. The van der Waals surface area contributed by atoms with Crippen LogP contribution >= 0.6 is 11.6 Å². The smallest absolute Gasteiger partial charge is 0.274 e. The minimum atomic E-state index is 0.123. The van der Waals surface area contributed by atoms with Crippen molar-refractivity contribution in [2.75, 3.05) is 19.6 Å². The third kappa shape index (κ3) is 3.96. The van der Waals surface area contributed by atoms with Gasteiger partial charge in [-0.05, 0) is 63.6 Å². The number of hydrogen-bond donors (Lipinski definition) is 1. The zero-order valence-electron chi connectivity index (χ0n) is 16.6. The molecule has 2 heterocycles. The van der Waals surface area contributed by atoms with Crippen LogP contribution in [0.25, 0.3) is 0 Å². The van der Waals surface area contributed by atoms with Crippen LogP contribution in [0.15, 0.2) is 24.3 Å². The summed E-state index contributed by atoms with van der Waals surface area (Å²) in [6.07, 6.45) is 6.07. The molecule has 1 aliphatic heterocycles. The van der Waals surface area contributed by atoms with E-state index in [1.807, 2.05) is 27.8 Å². The molecule has 150 valence electrons. The Hall–Kier alpha value is -1.85. The molecule has 1 aromatic carbocycles. The van der Waals surface area contributed by atoms with E-state index in [9.17, 15) is 4.79 Å². The number of carbonyl (C=O) groups is 1. The topological polar surface area (TPSA) is 50.2 Å². The first-order valence-corrected chi connectivity index (χ1v) is 10.9. The van der Waals surface area contributed by atoms with Crippen LogP contribution in [0.2, 0.25) is 5.02 Å². The third-order valence-electron chi connectivity index (χ3n) is 6.03. The zero-order valence-corrected chi connectivity index (χ0v) is 17.3. The molecule has 0 radical (unpaired) electrons. The average molecular weight is 401 g/mol. The Morgan fingerprint density at radius 1 is 1.29 bits per heavy atom. The fourth-order valence-corrected chi connectivity index (χ4v) is 4.71. The minimum absolute atomic E-state index is 0.123. The number of aryl methyl sites for hydroxylation is 1. The van der Waals surface area contributed by atoms with Gasteiger partial charge >= 0.3 is 0 Å². The van der Waals surface area contributed by atoms with Crippen molar-refractivity contribution in [3.05, 3.63) is 51.8 Å². The molecule has 1 aromatic heterocycles. The van der Waals surface area contributed by atoms with E-state index in [0.717, 1.165) is 69.7 Å². The second kappa shape index (κ2) is 8.66. The number of hydrogen-bond acceptors (Lipinski definition) is 3. The molecule has 1 saturated heterocycles. The summed E-state index contributed by atoms with van der Waals surface area (Å²) in [6.45, 7) is 5.55. The van der Waals surface area contributed by atoms with Crippen molar-refractivity contribution in [2.24, 2.45) is 0 Å². The van der Waals surface area contributed by atoms with Crippen molar-refractivity contribution in [2.45, 2.75) is 58.0 Å². The molecule has 1 aliphatic carbocycles. The van der Waals surface area contributed by atoms with Crippen LogP contribution in [0.1, 0.15) is 53.5 Å². The number of nitrogens with one attached hydrogen (secondary N) is 1. The largest absolute Gasteiger partial charge is 0.337 e. The van der Waals surface area contributed by atoms with Crippen LogP contribution in [0.4, 0.5) is 0 Å². The number of likely N-dealkylation sites (tertiary alicyclic amines) is 1. The van der Waals surface area contributed by atoms with Gasteiger partial charge in [-0.15, -0.1) is 0 Å². The highest BCUT2D eigenvalue weighted by Crippen LogP contribution is 2.27. The number of nitrogens with zero attached hydrogens (tertiary/aromatic N) is 3. The van der Waals surface area contributed by atoms with Gasteiger partial charge in [-0.1, -0.05) is 29.8 Å².